The molecule has 2 N–H and O–H groups in total. The van der Waals surface area contributed by atoms with Crippen molar-refractivity contribution in [2.75, 3.05) is 27.2 Å². The summed E-state index contributed by atoms with van der Waals surface area (Å²) in [5.74, 6) is 1.77. The molecule has 26 heavy (non-hydrogen) atoms. The Morgan fingerprint density at radius 2 is 2.08 bits per heavy atom. The van der Waals surface area contributed by atoms with Crippen molar-refractivity contribution in [1.82, 2.24) is 20.5 Å². The molecule has 3 rings (SSSR count). The highest BCUT2D eigenvalue weighted by Gasteiger charge is 2.30. The van der Waals surface area contributed by atoms with Gasteiger partial charge < -0.3 is 15.4 Å². The second-order valence-electron chi connectivity index (χ2n) is 7.54. The molecule has 0 bridgehead atoms. The van der Waals surface area contributed by atoms with Crippen molar-refractivity contribution >= 4 is 5.96 Å². The Hall–Kier alpha value is -1.82. The lowest BCUT2D eigenvalue weighted by Gasteiger charge is -2.24. The Morgan fingerprint density at radius 3 is 2.77 bits per heavy atom. The van der Waals surface area contributed by atoms with E-state index >= 15 is 0 Å². The smallest absolute Gasteiger partial charge is 0.191 e. The Balaban J connectivity index is 1.53. The number of nitrogens with one attached hydrogen (secondary N) is 2. The van der Waals surface area contributed by atoms with E-state index < -0.39 is 0 Å². The van der Waals surface area contributed by atoms with Gasteiger partial charge in [-0.05, 0) is 33.1 Å². The van der Waals surface area contributed by atoms with Gasteiger partial charge in [-0.15, -0.1) is 0 Å². The Bertz CT molecular complexity index is 639. The number of rotatable bonds is 5. The van der Waals surface area contributed by atoms with Crippen molar-refractivity contribution in [1.29, 1.82) is 0 Å². The maximum absolute atomic E-state index is 5.50. The van der Waals surface area contributed by atoms with Crippen LogP contribution in [-0.4, -0.2) is 55.2 Å². The Kier molecular flexibility index (Phi) is 6.35. The first-order valence-corrected chi connectivity index (χ1v) is 9.82. The SMILES string of the molecule is CN=C(NCc1ncc(C)c(OC)c1C)NC1CCN(C2CCCC2)C1. The van der Waals surface area contributed by atoms with Gasteiger partial charge in [-0.1, -0.05) is 12.8 Å². The molecule has 0 radical (unpaired) electrons. The zero-order valence-corrected chi connectivity index (χ0v) is 16.6. The summed E-state index contributed by atoms with van der Waals surface area (Å²) >= 11 is 0. The molecule has 6 heteroatoms. The fraction of sp³-hybridized carbons (Fsp3) is 0.700. The third-order valence-corrected chi connectivity index (χ3v) is 5.80. The second kappa shape index (κ2) is 8.71. The van der Waals surface area contributed by atoms with E-state index in [0.29, 0.717) is 12.6 Å². The van der Waals surface area contributed by atoms with Gasteiger partial charge >= 0.3 is 0 Å². The van der Waals surface area contributed by atoms with Gasteiger partial charge in [0.15, 0.2) is 5.96 Å². The maximum atomic E-state index is 5.50. The lowest BCUT2D eigenvalue weighted by molar-refractivity contribution is 0.242. The van der Waals surface area contributed by atoms with Gasteiger partial charge in [0.25, 0.3) is 0 Å². The van der Waals surface area contributed by atoms with E-state index in [1.165, 1.54) is 38.6 Å². The van der Waals surface area contributed by atoms with E-state index in [9.17, 15) is 0 Å². The average Bonchev–Trinajstić information content (AvgIpc) is 3.32. The number of nitrogens with zero attached hydrogens (tertiary/aromatic N) is 3. The van der Waals surface area contributed by atoms with Crippen molar-refractivity contribution in [3.05, 3.63) is 23.0 Å². The summed E-state index contributed by atoms with van der Waals surface area (Å²) in [6.45, 7) is 7.05. The van der Waals surface area contributed by atoms with Gasteiger partial charge in [0, 0.05) is 49.5 Å². The molecule has 1 aliphatic heterocycles. The number of aliphatic imine (C=N–C) groups is 1. The molecule has 0 spiro atoms. The minimum absolute atomic E-state index is 0.475. The molecule has 2 heterocycles. The first-order chi connectivity index (χ1) is 12.6. The van der Waals surface area contributed by atoms with Gasteiger partial charge in [0.1, 0.15) is 5.75 Å². The van der Waals surface area contributed by atoms with Crippen LogP contribution in [0.25, 0.3) is 0 Å². The van der Waals surface area contributed by atoms with Crippen molar-refractivity contribution in [3.8, 4) is 5.75 Å². The summed E-state index contributed by atoms with van der Waals surface area (Å²) in [6.07, 6.45) is 8.60. The Labute approximate surface area is 157 Å². The van der Waals surface area contributed by atoms with E-state index in [4.69, 9.17) is 4.74 Å². The van der Waals surface area contributed by atoms with Gasteiger partial charge in [-0.3, -0.25) is 14.9 Å². The van der Waals surface area contributed by atoms with Crippen molar-refractivity contribution < 1.29 is 4.74 Å². The summed E-state index contributed by atoms with van der Waals surface area (Å²) in [5.41, 5.74) is 3.15. The summed E-state index contributed by atoms with van der Waals surface area (Å²) in [6, 6.07) is 1.28. The second-order valence-corrected chi connectivity index (χ2v) is 7.54. The van der Waals surface area contributed by atoms with E-state index in [1.807, 2.05) is 20.2 Å². The summed E-state index contributed by atoms with van der Waals surface area (Å²) < 4.78 is 5.50. The van der Waals surface area contributed by atoms with Crippen LogP contribution in [0.4, 0.5) is 0 Å². The zero-order valence-electron chi connectivity index (χ0n) is 16.6. The molecule has 1 aliphatic carbocycles. The van der Waals surface area contributed by atoms with E-state index in [-0.39, 0.29) is 0 Å². The standard InChI is InChI=1S/C20H33N5O/c1-14-11-22-18(15(2)19(14)26-4)12-23-20(21-3)24-16-9-10-25(13-16)17-7-5-6-8-17/h11,16-17H,5-10,12-13H2,1-4H3,(H2,21,23,24). The van der Waals surface area contributed by atoms with Crippen LogP contribution in [0.3, 0.4) is 0 Å². The minimum atomic E-state index is 0.475. The third kappa shape index (κ3) is 4.29. The van der Waals surface area contributed by atoms with Gasteiger partial charge in [0.2, 0.25) is 0 Å². The molecular formula is C20H33N5O. The van der Waals surface area contributed by atoms with Crippen LogP contribution in [0.1, 0.15) is 48.9 Å². The number of likely N-dealkylation sites (tertiary alicyclic amines) is 1. The van der Waals surface area contributed by atoms with E-state index in [1.54, 1.807) is 7.11 Å². The zero-order chi connectivity index (χ0) is 18.5. The topological polar surface area (TPSA) is 61.8 Å². The molecule has 6 nitrogen and oxygen atoms in total. The minimum Gasteiger partial charge on any atom is -0.496 e. The lowest BCUT2D eigenvalue weighted by atomic mass is 10.1. The molecule has 1 saturated heterocycles. The number of hydrogen-bond donors (Lipinski definition) is 2. The summed E-state index contributed by atoms with van der Waals surface area (Å²) in [5, 5.41) is 7.00. The molecule has 2 fully saturated rings. The highest BCUT2D eigenvalue weighted by Crippen LogP contribution is 2.26. The number of hydrogen-bond acceptors (Lipinski definition) is 4. The number of methoxy groups -OCH3 is 1. The third-order valence-electron chi connectivity index (χ3n) is 5.80. The fourth-order valence-corrected chi connectivity index (χ4v) is 4.31. The maximum Gasteiger partial charge on any atom is 0.191 e. The first-order valence-electron chi connectivity index (χ1n) is 9.82. The molecule has 1 aromatic rings. The predicted molar refractivity (Wildman–Crippen MR) is 106 cm³/mol. The molecule has 0 aromatic carbocycles. The average molecular weight is 360 g/mol. The molecule has 2 aliphatic rings. The van der Waals surface area contributed by atoms with Crippen LogP contribution in [0.2, 0.25) is 0 Å². The Morgan fingerprint density at radius 1 is 1.31 bits per heavy atom. The molecule has 0 amide bonds. The van der Waals surface area contributed by atoms with Crippen LogP contribution >= 0.6 is 0 Å². The number of aromatic nitrogens is 1. The quantitative estimate of drug-likeness (QED) is 0.624. The van der Waals surface area contributed by atoms with Crippen LogP contribution in [0.5, 0.6) is 5.75 Å². The number of pyridine rings is 1. The van der Waals surface area contributed by atoms with E-state index in [2.05, 4.69) is 32.4 Å². The van der Waals surface area contributed by atoms with Crippen LogP contribution in [0, 0.1) is 13.8 Å². The molecule has 144 valence electrons. The molecule has 1 saturated carbocycles. The van der Waals surface area contributed by atoms with Crippen molar-refractivity contribution in [2.45, 2.75) is 64.6 Å². The molecule has 1 unspecified atom stereocenters. The lowest BCUT2D eigenvalue weighted by Crippen LogP contribution is -2.45. The highest BCUT2D eigenvalue weighted by atomic mass is 16.5. The predicted octanol–water partition coefficient (Wildman–Crippen LogP) is 2.39. The molecular weight excluding hydrogens is 326 g/mol. The number of aryl methyl sites for hydroxylation is 1. The highest BCUT2D eigenvalue weighted by molar-refractivity contribution is 5.80. The van der Waals surface area contributed by atoms with Crippen LogP contribution in [-0.2, 0) is 6.54 Å². The van der Waals surface area contributed by atoms with E-state index in [0.717, 1.165) is 41.1 Å². The monoisotopic (exact) mass is 359 g/mol. The van der Waals surface area contributed by atoms with Gasteiger partial charge in [-0.25, -0.2) is 0 Å². The number of guanidine groups is 1. The summed E-state index contributed by atoms with van der Waals surface area (Å²) in [7, 11) is 3.54. The van der Waals surface area contributed by atoms with Gasteiger partial charge in [0.05, 0.1) is 19.3 Å². The normalized spacial score (nSPS) is 22.0. The van der Waals surface area contributed by atoms with Crippen LogP contribution < -0.4 is 15.4 Å². The largest absolute Gasteiger partial charge is 0.496 e. The van der Waals surface area contributed by atoms with Gasteiger partial charge in [-0.2, -0.15) is 0 Å². The summed E-state index contributed by atoms with van der Waals surface area (Å²) in [4.78, 5) is 11.6. The van der Waals surface area contributed by atoms with Crippen molar-refractivity contribution in [3.63, 3.8) is 0 Å². The fourth-order valence-electron chi connectivity index (χ4n) is 4.31. The number of ether oxygens (including phenoxy) is 1. The molecule has 1 aromatic heterocycles. The molecule has 1 atom stereocenters. The van der Waals surface area contributed by atoms with Crippen LogP contribution in [0.15, 0.2) is 11.2 Å². The van der Waals surface area contributed by atoms with Crippen molar-refractivity contribution in [2.24, 2.45) is 4.99 Å². The first kappa shape index (κ1) is 19.0.